The lowest BCUT2D eigenvalue weighted by atomic mass is 9.95. The molecule has 88 valence electrons. The summed E-state index contributed by atoms with van der Waals surface area (Å²) in [5, 5.41) is 0. The van der Waals surface area contributed by atoms with E-state index in [1.165, 1.54) is 37.2 Å². The van der Waals surface area contributed by atoms with Crippen molar-refractivity contribution < 1.29 is 0 Å². The molecule has 0 amide bonds. The van der Waals surface area contributed by atoms with Crippen molar-refractivity contribution in [1.82, 2.24) is 0 Å². The Morgan fingerprint density at radius 1 is 1.12 bits per heavy atom. The molecule has 1 aliphatic rings. The molecule has 1 aliphatic heterocycles. The van der Waals surface area contributed by atoms with E-state index in [0.717, 1.165) is 5.92 Å². The van der Waals surface area contributed by atoms with Gasteiger partial charge in [0.2, 0.25) is 0 Å². The third kappa shape index (κ3) is 2.40. The first-order chi connectivity index (χ1) is 7.68. The molecule has 0 N–H and O–H groups in total. The Kier molecular flexibility index (Phi) is 3.52. The van der Waals surface area contributed by atoms with E-state index in [1.54, 1.807) is 0 Å². The van der Waals surface area contributed by atoms with Crippen molar-refractivity contribution in [2.75, 3.05) is 18.0 Å². The third-order valence-corrected chi connectivity index (χ3v) is 3.68. The number of hydrogen-bond acceptors (Lipinski definition) is 1. The highest BCUT2D eigenvalue weighted by atomic mass is 15.1. The Bertz CT molecular complexity index is 335. The number of benzene rings is 1. The van der Waals surface area contributed by atoms with E-state index in [-0.39, 0.29) is 0 Å². The lowest BCUT2D eigenvalue weighted by Crippen LogP contribution is -2.33. The van der Waals surface area contributed by atoms with Crippen LogP contribution in [0.2, 0.25) is 0 Å². The topological polar surface area (TPSA) is 3.24 Å². The van der Waals surface area contributed by atoms with Gasteiger partial charge in [-0.3, -0.25) is 0 Å². The molecule has 1 heterocycles. The van der Waals surface area contributed by atoms with Crippen molar-refractivity contribution in [3.8, 4) is 0 Å². The summed E-state index contributed by atoms with van der Waals surface area (Å²) in [6.45, 7) is 9.39. The molecule has 1 saturated heterocycles. The van der Waals surface area contributed by atoms with Crippen molar-refractivity contribution in [3.63, 3.8) is 0 Å². The minimum absolute atomic E-state index is 0.621. The molecule has 16 heavy (non-hydrogen) atoms. The fourth-order valence-corrected chi connectivity index (χ4v) is 2.51. The number of anilines is 1. The molecule has 0 atom stereocenters. The van der Waals surface area contributed by atoms with Crippen molar-refractivity contribution in [2.24, 2.45) is 5.92 Å². The van der Waals surface area contributed by atoms with Crippen molar-refractivity contribution in [3.05, 3.63) is 29.8 Å². The molecule has 0 aliphatic carbocycles. The summed E-state index contributed by atoms with van der Waals surface area (Å²) in [6.07, 6.45) is 2.68. The molecule has 2 rings (SSSR count). The van der Waals surface area contributed by atoms with Crippen LogP contribution in [0.15, 0.2) is 24.3 Å². The predicted molar refractivity (Wildman–Crippen MR) is 71.1 cm³/mol. The smallest absolute Gasteiger partial charge is 0.0401 e. The van der Waals surface area contributed by atoms with Gasteiger partial charge < -0.3 is 4.90 Å². The van der Waals surface area contributed by atoms with Gasteiger partial charge in [0.15, 0.2) is 0 Å². The molecule has 1 heteroatoms. The summed E-state index contributed by atoms with van der Waals surface area (Å²) in [5.74, 6) is 1.53. The van der Waals surface area contributed by atoms with E-state index in [9.17, 15) is 0 Å². The van der Waals surface area contributed by atoms with Gasteiger partial charge in [-0.1, -0.05) is 39.0 Å². The van der Waals surface area contributed by atoms with Crippen LogP contribution < -0.4 is 4.90 Å². The standard InChI is InChI=1S/C15H23N/c1-12(2)14-6-4-5-7-15(14)16-10-8-13(3)9-11-16/h4-7,12-13H,8-11H2,1-3H3. The molecular formula is C15H23N. The first-order valence-corrected chi connectivity index (χ1v) is 6.52. The zero-order valence-corrected chi connectivity index (χ0v) is 10.7. The fraction of sp³-hybridized carbons (Fsp3) is 0.600. The second kappa shape index (κ2) is 4.90. The monoisotopic (exact) mass is 217 g/mol. The maximum absolute atomic E-state index is 2.56. The molecular weight excluding hydrogens is 194 g/mol. The second-order valence-electron chi connectivity index (χ2n) is 5.38. The van der Waals surface area contributed by atoms with Gasteiger partial charge in [0.1, 0.15) is 0 Å². The first-order valence-electron chi connectivity index (χ1n) is 6.52. The molecule has 1 nitrogen and oxygen atoms in total. The Balaban J connectivity index is 2.19. The number of piperidine rings is 1. The van der Waals surface area contributed by atoms with Crippen LogP contribution >= 0.6 is 0 Å². The van der Waals surface area contributed by atoms with Gasteiger partial charge in [0.05, 0.1) is 0 Å². The van der Waals surface area contributed by atoms with Crippen LogP contribution in [-0.4, -0.2) is 13.1 Å². The summed E-state index contributed by atoms with van der Waals surface area (Å²) >= 11 is 0. The highest BCUT2D eigenvalue weighted by Gasteiger charge is 2.18. The average Bonchev–Trinajstić information content (AvgIpc) is 2.30. The highest BCUT2D eigenvalue weighted by molar-refractivity contribution is 5.55. The Hall–Kier alpha value is -0.980. The fourth-order valence-electron chi connectivity index (χ4n) is 2.51. The van der Waals surface area contributed by atoms with Crippen LogP contribution in [0.4, 0.5) is 5.69 Å². The summed E-state index contributed by atoms with van der Waals surface area (Å²) in [6, 6.07) is 8.88. The van der Waals surface area contributed by atoms with Crippen molar-refractivity contribution >= 4 is 5.69 Å². The maximum Gasteiger partial charge on any atom is 0.0401 e. The summed E-state index contributed by atoms with van der Waals surface area (Å²) in [7, 11) is 0. The average molecular weight is 217 g/mol. The quantitative estimate of drug-likeness (QED) is 0.722. The molecule has 0 spiro atoms. The molecule has 0 aromatic heterocycles. The highest BCUT2D eigenvalue weighted by Crippen LogP contribution is 2.30. The molecule has 1 aromatic carbocycles. The third-order valence-electron chi connectivity index (χ3n) is 3.68. The number of hydrogen-bond donors (Lipinski definition) is 0. The van der Waals surface area contributed by atoms with Crippen LogP contribution in [0.1, 0.15) is 45.1 Å². The van der Waals surface area contributed by atoms with E-state index >= 15 is 0 Å². The van der Waals surface area contributed by atoms with Crippen LogP contribution in [-0.2, 0) is 0 Å². The Labute approximate surface area is 99.5 Å². The molecule has 0 unspecified atom stereocenters. The summed E-state index contributed by atoms with van der Waals surface area (Å²) in [4.78, 5) is 2.56. The predicted octanol–water partition coefficient (Wildman–Crippen LogP) is 4.05. The normalized spacial score (nSPS) is 18.1. The van der Waals surface area contributed by atoms with E-state index in [0.29, 0.717) is 5.92 Å². The first kappa shape index (κ1) is 11.5. The van der Waals surface area contributed by atoms with Gasteiger partial charge in [-0.05, 0) is 36.3 Å². The number of nitrogens with zero attached hydrogens (tertiary/aromatic N) is 1. The van der Waals surface area contributed by atoms with Gasteiger partial charge in [-0.15, -0.1) is 0 Å². The van der Waals surface area contributed by atoms with E-state index < -0.39 is 0 Å². The van der Waals surface area contributed by atoms with Crippen molar-refractivity contribution in [1.29, 1.82) is 0 Å². The van der Waals surface area contributed by atoms with E-state index in [1.807, 2.05) is 0 Å². The minimum atomic E-state index is 0.621. The molecule has 1 fully saturated rings. The molecule has 0 bridgehead atoms. The van der Waals surface area contributed by atoms with Gasteiger partial charge in [-0.2, -0.15) is 0 Å². The summed E-state index contributed by atoms with van der Waals surface area (Å²) in [5.41, 5.74) is 2.96. The van der Waals surface area contributed by atoms with E-state index in [2.05, 4.69) is 49.9 Å². The lowest BCUT2D eigenvalue weighted by molar-refractivity contribution is 0.437. The number of rotatable bonds is 2. The largest absolute Gasteiger partial charge is 0.371 e. The van der Waals surface area contributed by atoms with Gasteiger partial charge in [0.25, 0.3) is 0 Å². The molecule has 0 saturated carbocycles. The van der Waals surface area contributed by atoms with Crippen molar-refractivity contribution in [2.45, 2.75) is 39.5 Å². The minimum Gasteiger partial charge on any atom is -0.371 e. The Morgan fingerprint density at radius 3 is 2.38 bits per heavy atom. The van der Waals surface area contributed by atoms with Crippen LogP contribution in [0.5, 0.6) is 0 Å². The lowest BCUT2D eigenvalue weighted by Gasteiger charge is -2.34. The zero-order chi connectivity index (χ0) is 11.5. The van der Waals surface area contributed by atoms with Gasteiger partial charge in [-0.25, -0.2) is 0 Å². The number of para-hydroxylation sites is 1. The van der Waals surface area contributed by atoms with Crippen LogP contribution in [0.25, 0.3) is 0 Å². The Morgan fingerprint density at radius 2 is 1.75 bits per heavy atom. The van der Waals surface area contributed by atoms with Crippen LogP contribution in [0, 0.1) is 5.92 Å². The second-order valence-corrected chi connectivity index (χ2v) is 5.38. The van der Waals surface area contributed by atoms with E-state index in [4.69, 9.17) is 0 Å². The summed E-state index contributed by atoms with van der Waals surface area (Å²) < 4.78 is 0. The molecule has 0 radical (unpaired) electrons. The molecule has 1 aromatic rings. The van der Waals surface area contributed by atoms with Gasteiger partial charge >= 0.3 is 0 Å². The van der Waals surface area contributed by atoms with Crippen LogP contribution in [0.3, 0.4) is 0 Å². The SMILES string of the molecule is CC1CCN(c2ccccc2C(C)C)CC1. The maximum atomic E-state index is 2.56. The zero-order valence-electron chi connectivity index (χ0n) is 10.7. The van der Waals surface area contributed by atoms with Gasteiger partial charge in [0, 0.05) is 18.8 Å².